The van der Waals surface area contributed by atoms with Crippen LogP contribution in [0.5, 0.6) is 0 Å². The second kappa shape index (κ2) is 10.6. The zero-order valence-electron chi connectivity index (χ0n) is 20.6. The summed E-state index contributed by atoms with van der Waals surface area (Å²) in [5.74, 6) is -0.122. The zero-order valence-corrected chi connectivity index (χ0v) is 22.2. The second-order valence-corrected chi connectivity index (χ2v) is 10.8. The molecule has 196 valence electrons. The van der Waals surface area contributed by atoms with Gasteiger partial charge in [0.25, 0.3) is 0 Å². The number of alkyl halides is 3. The van der Waals surface area contributed by atoms with Crippen molar-refractivity contribution in [2.24, 2.45) is 0 Å². The highest BCUT2D eigenvalue weighted by Gasteiger charge is 2.46. The van der Waals surface area contributed by atoms with Crippen LogP contribution in [0.3, 0.4) is 0 Å². The molecule has 2 aromatic carbocycles. The van der Waals surface area contributed by atoms with Crippen molar-refractivity contribution in [1.82, 2.24) is 5.32 Å². The van der Waals surface area contributed by atoms with Gasteiger partial charge in [-0.25, -0.2) is 0 Å². The van der Waals surface area contributed by atoms with Gasteiger partial charge in [-0.2, -0.15) is 18.4 Å². The van der Waals surface area contributed by atoms with Crippen LogP contribution in [-0.4, -0.2) is 23.9 Å². The van der Waals surface area contributed by atoms with Crippen LogP contribution >= 0.6 is 15.9 Å². The number of nitrogens with one attached hydrogen (secondary N) is 2. The third kappa shape index (κ3) is 6.79. The van der Waals surface area contributed by atoms with E-state index in [4.69, 9.17) is 9.47 Å². The Labute approximate surface area is 222 Å². The van der Waals surface area contributed by atoms with Gasteiger partial charge in [-0.3, -0.25) is 10.1 Å². The number of benzene rings is 2. The van der Waals surface area contributed by atoms with Crippen LogP contribution in [-0.2, 0) is 20.4 Å². The fraction of sp³-hybridized carbons (Fsp3) is 0.407. The topological polar surface area (TPSA) is 86.7 Å². The van der Waals surface area contributed by atoms with Crippen LogP contribution in [0.25, 0.3) is 0 Å². The Hall–Kier alpha value is -2.71. The predicted octanol–water partition coefficient (Wildman–Crippen LogP) is 6.59. The molecular formula is C27H27BrF3N3O3. The van der Waals surface area contributed by atoms with E-state index in [0.717, 1.165) is 12.1 Å². The predicted molar refractivity (Wildman–Crippen MR) is 135 cm³/mol. The van der Waals surface area contributed by atoms with Crippen molar-refractivity contribution >= 4 is 27.4 Å². The van der Waals surface area contributed by atoms with Gasteiger partial charge in [0, 0.05) is 27.9 Å². The number of rotatable bonds is 7. The maximum absolute atomic E-state index is 13.3. The summed E-state index contributed by atoms with van der Waals surface area (Å²) in [6.07, 6.45) is -4.14. The fourth-order valence-corrected chi connectivity index (χ4v) is 4.86. The van der Waals surface area contributed by atoms with Gasteiger partial charge in [-0.1, -0.05) is 28.1 Å². The van der Waals surface area contributed by atoms with Crippen LogP contribution < -0.4 is 10.6 Å². The molecule has 0 radical (unpaired) electrons. The number of nitriles is 1. The van der Waals surface area contributed by atoms with Gasteiger partial charge in [0.2, 0.25) is 0 Å². The van der Waals surface area contributed by atoms with Crippen molar-refractivity contribution in [3.63, 3.8) is 0 Å². The number of anilines is 1. The number of ketones is 1. The summed E-state index contributed by atoms with van der Waals surface area (Å²) in [5.41, 5.74) is 1.11. The molecular weight excluding hydrogens is 551 g/mol. The molecule has 3 atom stereocenters. The minimum absolute atomic E-state index is 0.122. The summed E-state index contributed by atoms with van der Waals surface area (Å²) >= 11 is 3.53. The first kappa shape index (κ1) is 27.3. The third-order valence-corrected chi connectivity index (χ3v) is 6.61. The van der Waals surface area contributed by atoms with Crippen molar-refractivity contribution in [2.45, 2.75) is 70.4 Å². The highest BCUT2D eigenvalue weighted by Crippen LogP contribution is 2.39. The number of nitrogens with zero attached hydrogens (tertiary/aromatic N) is 1. The molecule has 0 amide bonds. The smallest absolute Gasteiger partial charge is 0.358 e. The summed E-state index contributed by atoms with van der Waals surface area (Å²) in [4.78, 5) is 13.3. The van der Waals surface area contributed by atoms with E-state index >= 15 is 0 Å². The molecule has 0 bridgehead atoms. The summed E-state index contributed by atoms with van der Waals surface area (Å²) in [5, 5.41) is 15.7. The molecule has 1 aliphatic heterocycles. The largest absolute Gasteiger partial charge is 0.416 e. The van der Waals surface area contributed by atoms with E-state index < -0.39 is 35.9 Å². The fourth-order valence-electron chi connectivity index (χ4n) is 4.25. The van der Waals surface area contributed by atoms with E-state index in [0.29, 0.717) is 46.1 Å². The van der Waals surface area contributed by atoms with Gasteiger partial charge < -0.3 is 14.8 Å². The molecule has 1 aliphatic carbocycles. The number of carbonyl (C=O) groups is 1. The van der Waals surface area contributed by atoms with Gasteiger partial charge in [-0.15, -0.1) is 0 Å². The van der Waals surface area contributed by atoms with E-state index in [2.05, 4.69) is 32.6 Å². The lowest BCUT2D eigenvalue weighted by atomic mass is 9.86. The number of halogens is 4. The molecule has 1 saturated heterocycles. The number of carbonyl (C=O) groups excluding carboxylic acids is 1. The van der Waals surface area contributed by atoms with Crippen molar-refractivity contribution < 1.29 is 27.4 Å². The Morgan fingerprint density at radius 3 is 2.57 bits per heavy atom. The second-order valence-electron chi connectivity index (χ2n) is 9.98. The Morgan fingerprint density at radius 1 is 1.16 bits per heavy atom. The highest BCUT2D eigenvalue weighted by atomic mass is 79.9. The lowest BCUT2D eigenvalue weighted by molar-refractivity contribution is -0.137. The molecule has 0 spiro atoms. The number of allylic oxidation sites excluding steroid dienone is 1. The average Bonchev–Trinajstić information content (AvgIpc) is 3.53. The van der Waals surface area contributed by atoms with Crippen molar-refractivity contribution in [1.29, 1.82) is 5.26 Å². The normalized spacial score (nSPS) is 21.0. The van der Waals surface area contributed by atoms with E-state index in [1.807, 2.05) is 20.8 Å². The molecule has 0 saturated carbocycles. The minimum atomic E-state index is -4.49. The summed E-state index contributed by atoms with van der Waals surface area (Å²) in [7, 11) is 0. The molecule has 2 aliphatic rings. The number of epoxide rings is 1. The minimum Gasteiger partial charge on any atom is -0.358 e. The monoisotopic (exact) mass is 577 g/mol. The number of ether oxygens (including phenoxy) is 2. The van der Waals surface area contributed by atoms with E-state index in [9.17, 15) is 23.2 Å². The molecule has 4 rings (SSSR count). The van der Waals surface area contributed by atoms with Crippen LogP contribution in [0.4, 0.5) is 18.9 Å². The molecule has 10 heteroatoms. The molecule has 1 heterocycles. The summed E-state index contributed by atoms with van der Waals surface area (Å²) in [6.45, 7) is 5.72. The first-order valence-electron chi connectivity index (χ1n) is 11.8. The maximum Gasteiger partial charge on any atom is 0.416 e. The van der Waals surface area contributed by atoms with Crippen LogP contribution in [0, 0.1) is 11.3 Å². The lowest BCUT2D eigenvalue weighted by Crippen LogP contribution is -2.34. The third-order valence-electron chi connectivity index (χ3n) is 5.92. The van der Waals surface area contributed by atoms with E-state index in [1.54, 1.807) is 18.2 Å². The van der Waals surface area contributed by atoms with Gasteiger partial charge in [0.05, 0.1) is 28.8 Å². The Bertz CT molecular complexity index is 1260. The standard InChI is InChI=1S/C27H27BrF3N3O3/c1-26(2,3)37-25-24(36-25)34-23(18-11-10-15(14-32)12-19(18)28)22-20(8-5-9-21(22)35)33-17-7-4-6-16(13-17)27(29,30)31/h4,6-7,10-13,23-25,33-34H,5,8-9H2,1-3H3. The molecule has 2 aromatic rings. The highest BCUT2D eigenvalue weighted by molar-refractivity contribution is 9.10. The average molecular weight is 578 g/mol. The van der Waals surface area contributed by atoms with E-state index in [1.165, 1.54) is 12.1 Å². The van der Waals surface area contributed by atoms with Gasteiger partial charge in [0.1, 0.15) is 0 Å². The lowest BCUT2D eigenvalue weighted by Gasteiger charge is -2.29. The molecule has 1 fully saturated rings. The molecule has 37 heavy (non-hydrogen) atoms. The number of hydrogen-bond donors (Lipinski definition) is 2. The Kier molecular flexibility index (Phi) is 7.81. The molecule has 0 aromatic heterocycles. The zero-order chi connectivity index (χ0) is 27.0. The van der Waals surface area contributed by atoms with Gasteiger partial charge in [-0.05, 0) is 69.5 Å². The van der Waals surface area contributed by atoms with Crippen molar-refractivity contribution in [2.75, 3.05) is 5.32 Å². The summed E-state index contributed by atoms with van der Waals surface area (Å²) in [6, 6.07) is 11.4. The van der Waals surface area contributed by atoms with Crippen LogP contribution in [0.15, 0.2) is 58.2 Å². The number of hydrogen-bond acceptors (Lipinski definition) is 6. The van der Waals surface area contributed by atoms with Gasteiger partial charge >= 0.3 is 6.18 Å². The Balaban J connectivity index is 1.74. The first-order valence-corrected chi connectivity index (χ1v) is 12.6. The first-order chi connectivity index (χ1) is 17.4. The molecule has 3 unspecified atom stereocenters. The van der Waals surface area contributed by atoms with Crippen LogP contribution in [0.2, 0.25) is 0 Å². The van der Waals surface area contributed by atoms with Crippen molar-refractivity contribution in [3.8, 4) is 6.07 Å². The molecule has 2 N–H and O–H groups in total. The SMILES string of the molecule is CC(C)(C)OC1OC1NC(C1=C(Nc2cccc(C(F)(F)F)c2)CCCC1=O)c1ccc(C#N)cc1Br. The van der Waals surface area contributed by atoms with E-state index in [-0.39, 0.29) is 11.5 Å². The maximum atomic E-state index is 13.3. The van der Waals surface area contributed by atoms with Crippen molar-refractivity contribution in [3.05, 3.63) is 74.9 Å². The molecule has 6 nitrogen and oxygen atoms in total. The quantitative estimate of drug-likeness (QED) is 0.361. The summed E-state index contributed by atoms with van der Waals surface area (Å²) < 4.78 is 52.0. The number of Topliss-reactive ketones (excluding diaryl/α,β-unsaturated/α-hetero) is 1. The van der Waals surface area contributed by atoms with Crippen LogP contribution in [0.1, 0.15) is 62.8 Å². The Morgan fingerprint density at radius 2 is 1.92 bits per heavy atom. The van der Waals surface area contributed by atoms with Gasteiger partial charge in [0.15, 0.2) is 18.3 Å².